The molecule has 2 N–H and O–H groups in total. The Kier molecular flexibility index (Phi) is 7.13. The van der Waals surface area contributed by atoms with Gasteiger partial charge in [0.25, 0.3) is 5.91 Å². The van der Waals surface area contributed by atoms with Crippen LogP contribution in [-0.4, -0.2) is 51.8 Å². The molecule has 0 saturated heterocycles. The summed E-state index contributed by atoms with van der Waals surface area (Å²) in [5.41, 5.74) is 0.721. The van der Waals surface area contributed by atoms with Crippen LogP contribution in [0.5, 0.6) is 5.75 Å². The molecule has 0 unspecified atom stereocenters. The van der Waals surface area contributed by atoms with E-state index in [1.807, 2.05) is 6.92 Å². The molecule has 28 heavy (non-hydrogen) atoms. The molecule has 2 rings (SSSR count). The van der Waals surface area contributed by atoms with E-state index in [-0.39, 0.29) is 11.4 Å². The maximum absolute atomic E-state index is 12.2. The van der Waals surface area contributed by atoms with Crippen LogP contribution in [0.1, 0.15) is 17.3 Å². The van der Waals surface area contributed by atoms with Crippen LogP contribution in [0.25, 0.3) is 0 Å². The van der Waals surface area contributed by atoms with Gasteiger partial charge in [0.05, 0.1) is 18.0 Å². The van der Waals surface area contributed by atoms with Crippen LogP contribution in [0.2, 0.25) is 0 Å². The van der Waals surface area contributed by atoms with Gasteiger partial charge < -0.3 is 15.4 Å². The van der Waals surface area contributed by atoms with Gasteiger partial charge in [-0.2, -0.15) is 0 Å². The Balaban J connectivity index is 1.94. The van der Waals surface area contributed by atoms with Gasteiger partial charge in [-0.25, -0.2) is 12.7 Å². The predicted octanol–water partition coefficient (Wildman–Crippen LogP) is 1.70. The minimum absolute atomic E-state index is 0.0636. The summed E-state index contributed by atoms with van der Waals surface area (Å²) >= 11 is 0. The van der Waals surface area contributed by atoms with Crippen molar-refractivity contribution < 1.29 is 22.7 Å². The maximum Gasteiger partial charge on any atom is 0.251 e. The maximum atomic E-state index is 12.2. The van der Waals surface area contributed by atoms with E-state index < -0.39 is 21.8 Å². The number of sulfonamides is 1. The first kappa shape index (κ1) is 21.4. The first-order chi connectivity index (χ1) is 13.2. The smallest absolute Gasteiger partial charge is 0.251 e. The Bertz CT molecular complexity index is 940. The van der Waals surface area contributed by atoms with Gasteiger partial charge in [-0.3, -0.25) is 9.59 Å². The van der Waals surface area contributed by atoms with Gasteiger partial charge in [-0.05, 0) is 49.4 Å². The molecule has 0 atom stereocenters. The number of nitrogens with one attached hydrogen (secondary N) is 2. The standard InChI is InChI=1S/C19H23N3O5S/c1-4-27-16-10-8-14(9-11-16)19(24)20-13-18(23)21-15-6-5-7-17(12-15)28(25,26)22(2)3/h5-12H,4,13H2,1-3H3,(H,20,24)(H,21,23). The van der Waals surface area contributed by atoms with Crippen LogP contribution in [0.4, 0.5) is 5.69 Å². The van der Waals surface area contributed by atoms with Crippen molar-refractivity contribution in [2.45, 2.75) is 11.8 Å². The van der Waals surface area contributed by atoms with Crippen molar-refractivity contribution in [3.8, 4) is 5.75 Å². The van der Waals surface area contributed by atoms with Crippen molar-refractivity contribution in [1.29, 1.82) is 0 Å². The zero-order valence-corrected chi connectivity index (χ0v) is 16.7. The van der Waals surface area contributed by atoms with Crippen molar-refractivity contribution in [2.24, 2.45) is 0 Å². The Hall–Kier alpha value is -2.91. The highest BCUT2D eigenvalue weighted by atomic mass is 32.2. The average Bonchev–Trinajstić information content (AvgIpc) is 2.67. The second-order valence-corrected chi connectivity index (χ2v) is 8.16. The third-order valence-corrected chi connectivity index (χ3v) is 5.54. The van der Waals surface area contributed by atoms with Gasteiger partial charge in [0.1, 0.15) is 5.75 Å². The Morgan fingerprint density at radius 2 is 1.75 bits per heavy atom. The molecule has 150 valence electrons. The van der Waals surface area contributed by atoms with E-state index in [1.54, 1.807) is 30.3 Å². The fraction of sp³-hybridized carbons (Fsp3) is 0.263. The molecule has 2 amide bonds. The minimum atomic E-state index is -3.60. The first-order valence-corrected chi connectivity index (χ1v) is 10.0. The summed E-state index contributed by atoms with van der Waals surface area (Å²) in [6, 6.07) is 12.5. The van der Waals surface area contributed by atoms with Crippen molar-refractivity contribution >= 4 is 27.5 Å². The quantitative estimate of drug-likeness (QED) is 0.696. The number of carbonyl (C=O) groups is 2. The molecule has 8 nitrogen and oxygen atoms in total. The summed E-state index contributed by atoms with van der Waals surface area (Å²) in [4.78, 5) is 24.3. The zero-order chi connectivity index (χ0) is 20.7. The number of carbonyl (C=O) groups excluding carboxylic acids is 2. The van der Waals surface area contributed by atoms with Crippen LogP contribution >= 0.6 is 0 Å². The molecule has 0 bridgehead atoms. The van der Waals surface area contributed by atoms with Gasteiger partial charge in [-0.15, -0.1) is 0 Å². The molecule has 0 saturated carbocycles. The Morgan fingerprint density at radius 1 is 1.07 bits per heavy atom. The van der Waals surface area contributed by atoms with E-state index >= 15 is 0 Å². The summed E-state index contributed by atoms with van der Waals surface area (Å²) in [7, 11) is -0.747. The number of hydrogen-bond donors (Lipinski definition) is 2. The number of rotatable bonds is 8. The zero-order valence-electron chi connectivity index (χ0n) is 15.9. The van der Waals surface area contributed by atoms with Crippen molar-refractivity contribution in [3.63, 3.8) is 0 Å². The minimum Gasteiger partial charge on any atom is -0.494 e. The Labute approximate surface area is 164 Å². The molecular weight excluding hydrogens is 382 g/mol. The van der Waals surface area contributed by atoms with E-state index in [1.165, 1.54) is 32.3 Å². The van der Waals surface area contributed by atoms with E-state index in [0.29, 0.717) is 23.6 Å². The summed E-state index contributed by atoms with van der Waals surface area (Å²) in [5.74, 6) is -0.217. The van der Waals surface area contributed by atoms with Gasteiger partial charge >= 0.3 is 0 Å². The van der Waals surface area contributed by atoms with Gasteiger partial charge in [-0.1, -0.05) is 6.07 Å². The molecule has 2 aromatic carbocycles. The highest BCUT2D eigenvalue weighted by molar-refractivity contribution is 7.89. The van der Waals surface area contributed by atoms with Gasteiger partial charge in [0, 0.05) is 25.3 Å². The molecule has 0 aliphatic carbocycles. The summed E-state index contributed by atoms with van der Waals surface area (Å²) in [6.07, 6.45) is 0. The van der Waals surface area contributed by atoms with E-state index in [9.17, 15) is 18.0 Å². The van der Waals surface area contributed by atoms with Crippen LogP contribution in [0.15, 0.2) is 53.4 Å². The first-order valence-electron chi connectivity index (χ1n) is 8.57. The lowest BCUT2D eigenvalue weighted by Gasteiger charge is -2.13. The molecule has 0 aliphatic heterocycles. The topological polar surface area (TPSA) is 105 Å². The summed E-state index contributed by atoms with van der Waals surface area (Å²) < 4.78 is 30.7. The number of hydrogen-bond acceptors (Lipinski definition) is 5. The number of nitrogens with zero attached hydrogens (tertiary/aromatic N) is 1. The lowest BCUT2D eigenvalue weighted by Crippen LogP contribution is -2.32. The summed E-state index contributed by atoms with van der Waals surface area (Å²) in [5, 5.41) is 5.08. The van der Waals surface area contributed by atoms with Crippen molar-refractivity contribution in [2.75, 3.05) is 32.6 Å². The molecule has 2 aromatic rings. The fourth-order valence-corrected chi connectivity index (χ4v) is 3.23. The monoisotopic (exact) mass is 405 g/mol. The number of benzene rings is 2. The van der Waals surface area contributed by atoms with E-state index in [4.69, 9.17) is 4.74 Å². The summed E-state index contributed by atoms with van der Waals surface area (Å²) in [6.45, 7) is 2.14. The van der Waals surface area contributed by atoms with Crippen LogP contribution in [-0.2, 0) is 14.8 Å². The molecular formula is C19H23N3O5S. The highest BCUT2D eigenvalue weighted by Gasteiger charge is 2.17. The average molecular weight is 405 g/mol. The molecule has 0 fully saturated rings. The second-order valence-electron chi connectivity index (χ2n) is 6.00. The van der Waals surface area contributed by atoms with Gasteiger partial charge in [0.2, 0.25) is 15.9 Å². The largest absolute Gasteiger partial charge is 0.494 e. The van der Waals surface area contributed by atoms with Crippen LogP contribution in [0.3, 0.4) is 0 Å². The highest BCUT2D eigenvalue weighted by Crippen LogP contribution is 2.18. The third kappa shape index (κ3) is 5.54. The number of ether oxygens (including phenoxy) is 1. The van der Waals surface area contributed by atoms with E-state index in [0.717, 1.165) is 4.31 Å². The molecule has 0 aliphatic rings. The Morgan fingerprint density at radius 3 is 2.36 bits per heavy atom. The lowest BCUT2D eigenvalue weighted by atomic mass is 10.2. The van der Waals surface area contributed by atoms with Crippen LogP contribution in [0, 0.1) is 0 Å². The third-order valence-electron chi connectivity index (χ3n) is 3.73. The number of anilines is 1. The lowest BCUT2D eigenvalue weighted by molar-refractivity contribution is -0.115. The van der Waals surface area contributed by atoms with Crippen molar-refractivity contribution in [3.05, 3.63) is 54.1 Å². The SMILES string of the molecule is CCOc1ccc(C(=O)NCC(=O)Nc2cccc(S(=O)(=O)N(C)C)c2)cc1. The van der Waals surface area contributed by atoms with Crippen molar-refractivity contribution in [1.82, 2.24) is 9.62 Å². The molecule has 0 radical (unpaired) electrons. The molecule has 9 heteroatoms. The molecule has 0 heterocycles. The van der Waals surface area contributed by atoms with Crippen LogP contribution < -0.4 is 15.4 Å². The van der Waals surface area contributed by atoms with E-state index in [2.05, 4.69) is 10.6 Å². The predicted molar refractivity (Wildman–Crippen MR) is 106 cm³/mol. The normalized spacial score (nSPS) is 11.1. The second kappa shape index (κ2) is 9.34. The fourth-order valence-electron chi connectivity index (χ4n) is 2.28. The molecule has 0 spiro atoms. The number of amides is 2. The van der Waals surface area contributed by atoms with Gasteiger partial charge in [0.15, 0.2) is 0 Å². The molecule has 0 aromatic heterocycles.